The van der Waals surface area contributed by atoms with E-state index < -0.39 is 0 Å². The van der Waals surface area contributed by atoms with Gasteiger partial charge in [-0.05, 0) is 51.6 Å². The molecule has 120 valence electrons. The maximum Gasteiger partial charge on any atom is 0.0596 e. The first-order valence-corrected chi connectivity index (χ1v) is 8.48. The highest BCUT2D eigenvalue weighted by atomic mass is 16.5. The quantitative estimate of drug-likeness (QED) is 0.704. The molecular weight excluding hydrogens is 248 g/mol. The molecule has 0 aliphatic heterocycles. The molecule has 0 heterocycles. The Bertz CT molecular complexity index is 242. The van der Waals surface area contributed by atoms with Crippen molar-refractivity contribution in [2.75, 3.05) is 39.8 Å². The average Bonchev–Trinajstić information content (AvgIpc) is 2.39. The first-order chi connectivity index (χ1) is 9.47. The van der Waals surface area contributed by atoms with Crippen molar-refractivity contribution < 1.29 is 4.74 Å². The van der Waals surface area contributed by atoms with Gasteiger partial charge in [0.05, 0.1) is 12.7 Å². The van der Waals surface area contributed by atoms with Gasteiger partial charge in [-0.2, -0.15) is 0 Å². The summed E-state index contributed by atoms with van der Waals surface area (Å²) >= 11 is 0. The Morgan fingerprint density at radius 1 is 1.30 bits per heavy atom. The van der Waals surface area contributed by atoms with Gasteiger partial charge in [0.15, 0.2) is 0 Å². The molecule has 0 bridgehead atoms. The second-order valence-corrected chi connectivity index (χ2v) is 7.12. The summed E-state index contributed by atoms with van der Waals surface area (Å²) in [7, 11) is 2.25. The molecule has 0 aromatic carbocycles. The summed E-state index contributed by atoms with van der Waals surface area (Å²) in [6.07, 6.45) is 5.87. The number of hydrogen-bond donors (Lipinski definition) is 1. The summed E-state index contributed by atoms with van der Waals surface area (Å²) in [4.78, 5) is 2.47. The van der Waals surface area contributed by atoms with E-state index in [9.17, 15) is 0 Å². The zero-order valence-corrected chi connectivity index (χ0v) is 14.4. The first kappa shape index (κ1) is 17.9. The van der Waals surface area contributed by atoms with E-state index in [0.29, 0.717) is 11.5 Å². The second-order valence-electron chi connectivity index (χ2n) is 7.12. The van der Waals surface area contributed by atoms with Crippen LogP contribution in [0.3, 0.4) is 0 Å². The molecule has 1 aliphatic carbocycles. The van der Waals surface area contributed by atoms with E-state index in [-0.39, 0.29) is 0 Å². The minimum Gasteiger partial charge on any atom is -0.377 e. The average molecular weight is 284 g/mol. The first-order valence-electron chi connectivity index (χ1n) is 8.48. The fraction of sp³-hybridized carbons (Fsp3) is 1.00. The van der Waals surface area contributed by atoms with Crippen LogP contribution in [-0.4, -0.2) is 50.8 Å². The largest absolute Gasteiger partial charge is 0.377 e. The Morgan fingerprint density at radius 3 is 2.50 bits per heavy atom. The summed E-state index contributed by atoms with van der Waals surface area (Å²) in [6.45, 7) is 14.2. The number of hydrogen-bond acceptors (Lipinski definition) is 3. The van der Waals surface area contributed by atoms with Crippen LogP contribution < -0.4 is 5.32 Å². The number of ether oxygens (including phenoxy) is 1. The standard InChI is InChI=1S/C17H36N2O/c1-6-18-13-17(9-7-16(4)8-10-17)14-19(5)11-12-20-15(2)3/h15-16,18H,6-14H2,1-5H3. The zero-order valence-electron chi connectivity index (χ0n) is 14.4. The van der Waals surface area contributed by atoms with Gasteiger partial charge in [-0.15, -0.1) is 0 Å². The van der Waals surface area contributed by atoms with E-state index in [4.69, 9.17) is 4.74 Å². The summed E-state index contributed by atoms with van der Waals surface area (Å²) in [6, 6.07) is 0. The maximum absolute atomic E-state index is 5.68. The fourth-order valence-electron chi connectivity index (χ4n) is 3.25. The summed E-state index contributed by atoms with van der Waals surface area (Å²) in [5, 5.41) is 3.60. The molecule has 1 rings (SSSR count). The van der Waals surface area contributed by atoms with Gasteiger partial charge in [0.1, 0.15) is 0 Å². The highest BCUT2D eigenvalue weighted by molar-refractivity contribution is 4.88. The van der Waals surface area contributed by atoms with Gasteiger partial charge in [-0.25, -0.2) is 0 Å². The highest BCUT2D eigenvalue weighted by Crippen LogP contribution is 2.38. The van der Waals surface area contributed by atoms with Crippen LogP contribution >= 0.6 is 0 Å². The van der Waals surface area contributed by atoms with E-state index >= 15 is 0 Å². The molecule has 20 heavy (non-hydrogen) atoms. The molecule has 1 saturated carbocycles. The molecule has 1 aliphatic rings. The normalized spacial score (nSPS) is 27.4. The third-order valence-electron chi connectivity index (χ3n) is 4.61. The van der Waals surface area contributed by atoms with Crippen molar-refractivity contribution in [3.05, 3.63) is 0 Å². The smallest absolute Gasteiger partial charge is 0.0596 e. The Labute approximate surface area is 126 Å². The van der Waals surface area contributed by atoms with Gasteiger partial charge in [0, 0.05) is 19.6 Å². The van der Waals surface area contributed by atoms with Crippen LogP contribution in [-0.2, 0) is 4.74 Å². The van der Waals surface area contributed by atoms with Crippen molar-refractivity contribution in [2.24, 2.45) is 11.3 Å². The molecule has 0 radical (unpaired) electrons. The third kappa shape index (κ3) is 6.55. The summed E-state index contributed by atoms with van der Waals surface area (Å²) < 4.78 is 5.68. The molecule has 1 N–H and O–H groups in total. The van der Waals surface area contributed by atoms with Crippen molar-refractivity contribution in [2.45, 2.75) is 59.5 Å². The maximum atomic E-state index is 5.68. The van der Waals surface area contributed by atoms with E-state index in [0.717, 1.165) is 25.6 Å². The van der Waals surface area contributed by atoms with Crippen LogP contribution in [0.2, 0.25) is 0 Å². The fourth-order valence-corrected chi connectivity index (χ4v) is 3.25. The minimum atomic E-state index is 0.342. The Morgan fingerprint density at radius 2 is 1.95 bits per heavy atom. The molecule has 0 saturated heterocycles. The van der Waals surface area contributed by atoms with Crippen LogP contribution in [0.15, 0.2) is 0 Å². The minimum absolute atomic E-state index is 0.342. The predicted molar refractivity (Wildman–Crippen MR) is 87.2 cm³/mol. The second kappa shape index (κ2) is 9.01. The molecule has 3 nitrogen and oxygen atoms in total. The van der Waals surface area contributed by atoms with E-state index in [1.54, 1.807) is 0 Å². The van der Waals surface area contributed by atoms with E-state index in [1.807, 2.05) is 0 Å². The summed E-state index contributed by atoms with van der Waals surface area (Å²) in [5.41, 5.74) is 0.481. The van der Waals surface area contributed by atoms with Crippen molar-refractivity contribution in [1.29, 1.82) is 0 Å². The third-order valence-corrected chi connectivity index (χ3v) is 4.61. The lowest BCUT2D eigenvalue weighted by Gasteiger charge is -2.42. The topological polar surface area (TPSA) is 24.5 Å². The van der Waals surface area contributed by atoms with Crippen molar-refractivity contribution >= 4 is 0 Å². The monoisotopic (exact) mass is 284 g/mol. The molecule has 0 aromatic rings. The molecule has 1 fully saturated rings. The molecule has 0 spiro atoms. The van der Waals surface area contributed by atoms with E-state index in [1.165, 1.54) is 38.8 Å². The van der Waals surface area contributed by atoms with E-state index in [2.05, 4.69) is 45.0 Å². The Kier molecular flexibility index (Phi) is 8.08. The molecule has 3 heteroatoms. The number of nitrogens with zero attached hydrogens (tertiary/aromatic N) is 1. The van der Waals surface area contributed by atoms with Gasteiger partial charge in [-0.1, -0.05) is 26.7 Å². The lowest BCUT2D eigenvalue weighted by atomic mass is 9.70. The molecular formula is C17H36N2O. The van der Waals surface area contributed by atoms with Crippen LogP contribution in [0.1, 0.15) is 53.4 Å². The van der Waals surface area contributed by atoms with Gasteiger partial charge in [0.2, 0.25) is 0 Å². The predicted octanol–water partition coefficient (Wildman–Crippen LogP) is 3.15. The van der Waals surface area contributed by atoms with Crippen molar-refractivity contribution in [3.63, 3.8) is 0 Å². The van der Waals surface area contributed by atoms with Crippen LogP contribution in [0, 0.1) is 11.3 Å². The number of likely N-dealkylation sites (N-methyl/N-ethyl adjacent to an activating group) is 1. The molecule has 0 atom stereocenters. The van der Waals surface area contributed by atoms with Crippen LogP contribution in [0.5, 0.6) is 0 Å². The lowest BCUT2D eigenvalue weighted by molar-refractivity contribution is 0.0443. The van der Waals surface area contributed by atoms with Crippen LogP contribution in [0.25, 0.3) is 0 Å². The Balaban J connectivity index is 2.43. The number of rotatable bonds is 9. The van der Waals surface area contributed by atoms with Gasteiger partial charge < -0.3 is 15.0 Å². The number of nitrogens with one attached hydrogen (secondary N) is 1. The molecule has 0 amide bonds. The zero-order chi connectivity index (χ0) is 15.0. The van der Waals surface area contributed by atoms with Gasteiger partial charge >= 0.3 is 0 Å². The highest BCUT2D eigenvalue weighted by Gasteiger charge is 2.34. The Hall–Kier alpha value is -0.120. The summed E-state index contributed by atoms with van der Waals surface area (Å²) in [5.74, 6) is 0.916. The van der Waals surface area contributed by atoms with Crippen LogP contribution in [0.4, 0.5) is 0 Å². The SMILES string of the molecule is CCNCC1(CN(C)CCOC(C)C)CCC(C)CC1. The lowest BCUT2D eigenvalue weighted by Crippen LogP contribution is -2.45. The van der Waals surface area contributed by atoms with Crippen molar-refractivity contribution in [1.82, 2.24) is 10.2 Å². The van der Waals surface area contributed by atoms with Gasteiger partial charge in [-0.3, -0.25) is 0 Å². The molecule has 0 unspecified atom stereocenters. The van der Waals surface area contributed by atoms with Crippen molar-refractivity contribution in [3.8, 4) is 0 Å². The molecule has 0 aromatic heterocycles. The van der Waals surface area contributed by atoms with Gasteiger partial charge in [0.25, 0.3) is 0 Å².